The van der Waals surface area contributed by atoms with Crippen molar-refractivity contribution >= 4 is 11.8 Å². The Labute approximate surface area is 224 Å². The smallest absolute Gasteiger partial charge is 0.224 e. The van der Waals surface area contributed by atoms with Gasteiger partial charge in [-0.2, -0.15) is 0 Å². The molecule has 3 atom stereocenters. The summed E-state index contributed by atoms with van der Waals surface area (Å²) in [5.74, 6) is -0.562. The highest BCUT2D eigenvalue weighted by molar-refractivity contribution is 5.86. The van der Waals surface area contributed by atoms with Gasteiger partial charge in [-0.15, -0.1) is 6.58 Å². The number of carbonyl (C=O) groups excluding carboxylic acids is 2. The lowest BCUT2D eigenvalue weighted by Crippen LogP contribution is -2.42. The summed E-state index contributed by atoms with van der Waals surface area (Å²) in [4.78, 5) is 25.4. The largest absolute Gasteiger partial charge is 0.489 e. The quantitative estimate of drug-likeness (QED) is 0.230. The minimum absolute atomic E-state index is 0.0441. The molecule has 0 aromatic heterocycles. The Kier molecular flexibility index (Phi) is 11.6. The van der Waals surface area contributed by atoms with Crippen LogP contribution in [0.25, 0.3) is 0 Å². The third kappa shape index (κ3) is 9.50. The minimum Gasteiger partial charge on any atom is -0.489 e. The number of aliphatic hydroxyl groups excluding tert-OH is 2. The van der Waals surface area contributed by atoms with Crippen molar-refractivity contribution in [1.29, 1.82) is 0 Å². The molecular weight excluding hydrogens is 480 g/mol. The van der Waals surface area contributed by atoms with Crippen molar-refractivity contribution in [2.75, 3.05) is 13.2 Å². The van der Waals surface area contributed by atoms with Crippen LogP contribution >= 0.6 is 0 Å². The maximum Gasteiger partial charge on any atom is 0.224 e. The molecule has 7 nitrogen and oxygen atoms in total. The molecule has 3 aromatic rings. The van der Waals surface area contributed by atoms with Crippen LogP contribution in [0.3, 0.4) is 0 Å². The number of benzene rings is 3. The molecule has 0 saturated heterocycles. The predicted molar refractivity (Wildman–Crippen MR) is 147 cm³/mol. The van der Waals surface area contributed by atoms with Crippen LogP contribution in [-0.2, 0) is 22.6 Å². The average Bonchev–Trinajstić information content (AvgIpc) is 2.95. The van der Waals surface area contributed by atoms with Crippen molar-refractivity contribution in [3.8, 4) is 5.75 Å². The molecule has 3 aromatic carbocycles. The number of nitrogens with one attached hydrogen (secondary N) is 2. The number of hydrogen-bond acceptors (Lipinski definition) is 5. The van der Waals surface area contributed by atoms with Gasteiger partial charge in [0.1, 0.15) is 12.4 Å². The summed E-state index contributed by atoms with van der Waals surface area (Å²) in [6.45, 7) is 3.97. The van der Waals surface area contributed by atoms with Crippen LogP contribution in [0.5, 0.6) is 5.75 Å². The average molecular weight is 517 g/mol. The first-order chi connectivity index (χ1) is 18.5. The summed E-state index contributed by atoms with van der Waals surface area (Å²) in [6, 6.07) is 26.0. The molecule has 0 saturated carbocycles. The summed E-state index contributed by atoms with van der Waals surface area (Å²) >= 11 is 0. The van der Waals surface area contributed by atoms with Gasteiger partial charge < -0.3 is 25.6 Å². The van der Waals surface area contributed by atoms with Gasteiger partial charge in [0.05, 0.1) is 24.7 Å². The van der Waals surface area contributed by atoms with Gasteiger partial charge in [0.25, 0.3) is 0 Å². The van der Waals surface area contributed by atoms with E-state index < -0.39 is 18.1 Å². The van der Waals surface area contributed by atoms with E-state index >= 15 is 0 Å². The van der Waals surface area contributed by atoms with Crippen LogP contribution in [-0.4, -0.2) is 41.2 Å². The highest BCUT2D eigenvalue weighted by Gasteiger charge is 2.23. The summed E-state index contributed by atoms with van der Waals surface area (Å²) in [5, 5.41) is 25.7. The first kappa shape index (κ1) is 28.6. The molecule has 2 amide bonds. The second-order valence-corrected chi connectivity index (χ2v) is 9.17. The number of amides is 2. The first-order valence-corrected chi connectivity index (χ1v) is 12.8. The molecule has 0 heterocycles. The normalized spacial score (nSPS) is 13.1. The second-order valence-electron chi connectivity index (χ2n) is 9.17. The molecule has 0 aliphatic carbocycles. The standard InChI is InChI=1S/C31H36N2O5/c1-2-9-26(31(37)32-20-29(35)25-12-7-4-8-13-25)19-30(36)33-27(21-34)18-23-14-16-28(17-15-23)38-22-24-10-5-3-6-11-24/h2-8,10-17,26-27,29,34-35H,1,9,18-22H2,(H,32,37)(H,33,36). The Morgan fingerprint density at radius 1 is 0.921 bits per heavy atom. The van der Waals surface area contributed by atoms with Gasteiger partial charge in [-0.1, -0.05) is 78.9 Å². The molecule has 0 spiro atoms. The zero-order valence-corrected chi connectivity index (χ0v) is 21.5. The lowest BCUT2D eigenvalue weighted by molar-refractivity contribution is -0.131. The van der Waals surface area contributed by atoms with Gasteiger partial charge in [0.2, 0.25) is 11.8 Å². The SMILES string of the molecule is C=CCC(CC(=O)NC(CO)Cc1ccc(OCc2ccccc2)cc1)C(=O)NCC(O)c1ccccc1. The summed E-state index contributed by atoms with van der Waals surface area (Å²) in [5.41, 5.74) is 2.72. The highest BCUT2D eigenvalue weighted by atomic mass is 16.5. The van der Waals surface area contributed by atoms with Crippen LogP contribution in [0, 0.1) is 5.92 Å². The van der Waals surface area contributed by atoms with E-state index in [2.05, 4.69) is 17.2 Å². The molecule has 200 valence electrons. The van der Waals surface area contributed by atoms with E-state index in [0.29, 0.717) is 25.0 Å². The molecule has 0 bridgehead atoms. The zero-order chi connectivity index (χ0) is 27.2. The molecule has 0 aliphatic rings. The van der Waals surface area contributed by atoms with Gasteiger partial charge in [-0.05, 0) is 41.7 Å². The highest BCUT2D eigenvalue weighted by Crippen LogP contribution is 2.17. The zero-order valence-electron chi connectivity index (χ0n) is 21.5. The molecule has 0 fully saturated rings. The summed E-state index contributed by atoms with van der Waals surface area (Å²) in [7, 11) is 0. The molecule has 0 radical (unpaired) electrons. The van der Waals surface area contributed by atoms with E-state index in [1.807, 2.05) is 72.8 Å². The van der Waals surface area contributed by atoms with Crippen molar-refractivity contribution in [2.24, 2.45) is 5.92 Å². The van der Waals surface area contributed by atoms with Gasteiger partial charge >= 0.3 is 0 Å². The Morgan fingerprint density at radius 3 is 2.21 bits per heavy atom. The fraction of sp³-hybridized carbons (Fsp3) is 0.290. The topological polar surface area (TPSA) is 108 Å². The number of hydrogen-bond donors (Lipinski definition) is 4. The van der Waals surface area contributed by atoms with Gasteiger partial charge in [0, 0.05) is 13.0 Å². The van der Waals surface area contributed by atoms with Crippen LogP contribution in [0.2, 0.25) is 0 Å². The van der Waals surface area contributed by atoms with Gasteiger partial charge in [-0.25, -0.2) is 0 Å². The summed E-state index contributed by atoms with van der Waals surface area (Å²) in [6.07, 6.45) is 1.45. The maximum atomic E-state index is 12.7. The maximum absolute atomic E-state index is 12.7. The van der Waals surface area contributed by atoms with Crippen LogP contribution < -0.4 is 15.4 Å². The Bertz CT molecular complexity index is 1140. The van der Waals surface area contributed by atoms with E-state index in [1.54, 1.807) is 18.2 Å². The Morgan fingerprint density at radius 2 is 1.58 bits per heavy atom. The van der Waals surface area contributed by atoms with Crippen molar-refractivity contribution < 1.29 is 24.5 Å². The van der Waals surface area contributed by atoms with Crippen molar-refractivity contribution in [1.82, 2.24) is 10.6 Å². The number of allylic oxidation sites excluding steroid dienone is 1. The van der Waals surface area contributed by atoms with Gasteiger partial charge in [-0.3, -0.25) is 9.59 Å². The van der Waals surface area contributed by atoms with Crippen molar-refractivity contribution in [2.45, 2.75) is 38.0 Å². The van der Waals surface area contributed by atoms with Crippen LogP contribution in [0.1, 0.15) is 35.6 Å². The first-order valence-electron chi connectivity index (χ1n) is 12.8. The Balaban J connectivity index is 1.47. The second kappa shape index (κ2) is 15.3. The Hall–Kier alpha value is -3.94. The number of ether oxygens (including phenoxy) is 1. The fourth-order valence-electron chi connectivity index (χ4n) is 4.04. The van der Waals surface area contributed by atoms with E-state index in [1.165, 1.54) is 0 Å². The lowest BCUT2D eigenvalue weighted by Gasteiger charge is -2.20. The third-order valence-corrected chi connectivity index (χ3v) is 6.15. The van der Waals surface area contributed by atoms with Crippen molar-refractivity contribution in [3.05, 3.63) is 114 Å². The number of carbonyl (C=O) groups is 2. The molecule has 38 heavy (non-hydrogen) atoms. The van der Waals surface area contributed by atoms with E-state index in [9.17, 15) is 19.8 Å². The number of rotatable bonds is 15. The minimum atomic E-state index is -0.841. The van der Waals surface area contributed by atoms with Gasteiger partial charge in [0.15, 0.2) is 0 Å². The third-order valence-electron chi connectivity index (χ3n) is 6.15. The summed E-state index contributed by atoms with van der Waals surface area (Å²) < 4.78 is 5.81. The molecule has 0 aliphatic heterocycles. The molecule has 7 heteroatoms. The molecule has 3 rings (SSSR count). The van der Waals surface area contributed by atoms with E-state index in [-0.39, 0.29) is 31.4 Å². The molecular formula is C31H36N2O5. The fourth-order valence-corrected chi connectivity index (χ4v) is 4.04. The van der Waals surface area contributed by atoms with Crippen molar-refractivity contribution in [3.63, 3.8) is 0 Å². The van der Waals surface area contributed by atoms with Crippen LogP contribution in [0.4, 0.5) is 0 Å². The van der Waals surface area contributed by atoms with E-state index in [0.717, 1.165) is 16.9 Å². The van der Waals surface area contributed by atoms with E-state index in [4.69, 9.17) is 4.74 Å². The molecule has 3 unspecified atom stereocenters. The van der Waals surface area contributed by atoms with Crippen LogP contribution in [0.15, 0.2) is 97.6 Å². The predicted octanol–water partition coefficient (Wildman–Crippen LogP) is 3.72. The number of aliphatic hydroxyl groups is 2. The lowest BCUT2D eigenvalue weighted by atomic mass is 9.98. The monoisotopic (exact) mass is 516 g/mol. The molecule has 4 N–H and O–H groups in total.